The topological polar surface area (TPSA) is 101 Å². The molecule has 0 bridgehead atoms. The predicted octanol–water partition coefficient (Wildman–Crippen LogP) is 1.43. The molecule has 0 aliphatic heterocycles. The van der Waals surface area contributed by atoms with Gasteiger partial charge in [0.2, 0.25) is 5.88 Å². The highest BCUT2D eigenvalue weighted by Gasteiger charge is 2.15. The Bertz CT molecular complexity index is 641. The van der Waals surface area contributed by atoms with Gasteiger partial charge in [-0.2, -0.15) is 0 Å². The van der Waals surface area contributed by atoms with E-state index in [4.69, 9.17) is 9.84 Å². The van der Waals surface area contributed by atoms with Crippen molar-refractivity contribution in [2.24, 2.45) is 0 Å². The number of carboxylic acid groups (broad SMARTS) is 1. The molecule has 2 heterocycles. The van der Waals surface area contributed by atoms with Crippen LogP contribution in [0.2, 0.25) is 0 Å². The maximum atomic E-state index is 12.0. The van der Waals surface area contributed by atoms with Crippen LogP contribution < -0.4 is 10.1 Å². The Morgan fingerprint density at radius 1 is 1.50 bits per heavy atom. The van der Waals surface area contributed by atoms with Gasteiger partial charge < -0.3 is 9.84 Å². The lowest BCUT2D eigenvalue weighted by atomic mass is 10.2. The van der Waals surface area contributed by atoms with Gasteiger partial charge in [-0.1, -0.05) is 0 Å². The van der Waals surface area contributed by atoms with Gasteiger partial charge in [-0.3, -0.25) is 14.9 Å². The molecule has 0 aliphatic rings. The van der Waals surface area contributed by atoms with Gasteiger partial charge in [0.25, 0.3) is 5.91 Å². The molecule has 0 saturated carbocycles. The van der Waals surface area contributed by atoms with Crippen molar-refractivity contribution in [1.82, 2.24) is 9.97 Å². The second-order valence-electron chi connectivity index (χ2n) is 3.73. The molecule has 7 nitrogen and oxygen atoms in total. The number of hydrogen-bond acceptors (Lipinski definition) is 6. The number of methoxy groups -OCH3 is 1. The van der Waals surface area contributed by atoms with Gasteiger partial charge in [0.15, 0.2) is 5.13 Å². The van der Waals surface area contributed by atoms with E-state index in [-0.39, 0.29) is 17.9 Å². The number of hydrogen-bond donors (Lipinski definition) is 2. The van der Waals surface area contributed by atoms with Crippen molar-refractivity contribution in [3.8, 4) is 5.88 Å². The first-order valence-corrected chi connectivity index (χ1v) is 6.44. The van der Waals surface area contributed by atoms with Crippen LogP contribution in [0.15, 0.2) is 23.7 Å². The Hall–Kier alpha value is -2.48. The molecule has 2 aromatic rings. The Kier molecular flexibility index (Phi) is 4.26. The number of aliphatic carboxylic acids is 1. The Morgan fingerprint density at radius 3 is 3.00 bits per heavy atom. The number of carboxylic acids is 1. The van der Waals surface area contributed by atoms with E-state index in [2.05, 4.69) is 15.3 Å². The first kappa shape index (κ1) is 13.9. The third kappa shape index (κ3) is 3.29. The third-order valence-corrected chi connectivity index (χ3v) is 3.12. The molecule has 2 N–H and O–H groups in total. The Balaban J connectivity index is 2.11. The van der Waals surface area contributed by atoms with Crippen LogP contribution in [0.4, 0.5) is 5.13 Å². The van der Waals surface area contributed by atoms with E-state index in [9.17, 15) is 9.59 Å². The first-order valence-electron chi connectivity index (χ1n) is 5.56. The lowest BCUT2D eigenvalue weighted by Crippen LogP contribution is -2.13. The number of nitrogens with one attached hydrogen (secondary N) is 1. The van der Waals surface area contributed by atoms with Crippen molar-refractivity contribution in [2.45, 2.75) is 6.42 Å². The molecule has 0 aromatic carbocycles. The summed E-state index contributed by atoms with van der Waals surface area (Å²) in [6.45, 7) is 0. The lowest BCUT2D eigenvalue weighted by Gasteiger charge is -2.05. The van der Waals surface area contributed by atoms with Crippen LogP contribution in [0.3, 0.4) is 0 Å². The molecule has 0 radical (unpaired) electrons. The van der Waals surface area contributed by atoms with Gasteiger partial charge in [0, 0.05) is 11.6 Å². The summed E-state index contributed by atoms with van der Waals surface area (Å²) < 4.78 is 5.00. The van der Waals surface area contributed by atoms with Crippen molar-refractivity contribution in [1.29, 1.82) is 0 Å². The number of pyridine rings is 1. The minimum absolute atomic E-state index is 0.178. The van der Waals surface area contributed by atoms with Gasteiger partial charge in [-0.25, -0.2) is 9.97 Å². The van der Waals surface area contributed by atoms with E-state index in [1.165, 1.54) is 13.3 Å². The van der Waals surface area contributed by atoms with E-state index >= 15 is 0 Å². The predicted molar refractivity (Wildman–Crippen MR) is 72.2 cm³/mol. The molecule has 2 aromatic heterocycles. The van der Waals surface area contributed by atoms with Crippen LogP contribution >= 0.6 is 11.3 Å². The number of aromatic nitrogens is 2. The van der Waals surface area contributed by atoms with E-state index < -0.39 is 11.9 Å². The molecule has 0 atom stereocenters. The normalized spacial score (nSPS) is 10.1. The molecule has 1 amide bonds. The zero-order chi connectivity index (χ0) is 14.5. The molecule has 2 rings (SSSR count). The fraction of sp³-hybridized carbons (Fsp3) is 0.167. The van der Waals surface area contributed by atoms with Gasteiger partial charge in [-0.05, 0) is 12.1 Å². The summed E-state index contributed by atoms with van der Waals surface area (Å²) in [6.07, 6.45) is 1.34. The van der Waals surface area contributed by atoms with Gasteiger partial charge >= 0.3 is 5.97 Å². The number of carbonyl (C=O) groups excluding carboxylic acids is 1. The van der Waals surface area contributed by atoms with Gasteiger partial charge in [-0.15, -0.1) is 11.3 Å². The second kappa shape index (κ2) is 6.11. The molecule has 8 heteroatoms. The average Bonchev–Trinajstić information content (AvgIpc) is 2.85. The van der Waals surface area contributed by atoms with Crippen molar-refractivity contribution < 1.29 is 19.4 Å². The fourth-order valence-electron chi connectivity index (χ4n) is 1.49. The van der Waals surface area contributed by atoms with Gasteiger partial charge in [0.1, 0.15) is 5.56 Å². The highest BCUT2D eigenvalue weighted by atomic mass is 32.1. The summed E-state index contributed by atoms with van der Waals surface area (Å²) in [7, 11) is 1.42. The van der Waals surface area contributed by atoms with E-state index in [0.717, 1.165) is 11.3 Å². The highest BCUT2D eigenvalue weighted by molar-refractivity contribution is 7.14. The largest absolute Gasteiger partial charge is 0.481 e. The van der Waals surface area contributed by atoms with E-state index in [0.29, 0.717) is 10.8 Å². The standard InChI is InChI=1S/C12H11N3O4S/c1-19-11-8(3-2-4-13-11)10(18)15-12-14-7(6-20-12)5-9(16)17/h2-4,6H,5H2,1H3,(H,16,17)(H,14,15,18). The summed E-state index contributed by atoms with van der Waals surface area (Å²) in [4.78, 5) is 30.5. The van der Waals surface area contributed by atoms with Crippen LogP contribution in [-0.4, -0.2) is 34.1 Å². The Labute approximate surface area is 118 Å². The highest BCUT2D eigenvalue weighted by Crippen LogP contribution is 2.19. The summed E-state index contributed by atoms with van der Waals surface area (Å²) in [5.74, 6) is -1.17. The summed E-state index contributed by atoms with van der Waals surface area (Å²) >= 11 is 1.16. The number of rotatable bonds is 5. The molecule has 0 saturated heterocycles. The number of nitrogens with zero attached hydrogens (tertiary/aromatic N) is 2. The van der Waals surface area contributed by atoms with E-state index in [1.807, 2.05) is 0 Å². The molecular formula is C12H11N3O4S. The van der Waals surface area contributed by atoms with Crippen molar-refractivity contribution in [3.63, 3.8) is 0 Å². The van der Waals surface area contributed by atoms with Crippen LogP contribution in [0.5, 0.6) is 5.88 Å². The number of amides is 1. The number of ether oxygens (including phenoxy) is 1. The van der Waals surface area contributed by atoms with Crippen molar-refractivity contribution >= 4 is 28.3 Å². The quantitative estimate of drug-likeness (QED) is 0.864. The minimum Gasteiger partial charge on any atom is -0.481 e. The maximum absolute atomic E-state index is 12.0. The smallest absolute Gasteiger partial charge is 0.309 e. The fourth-order valence-corrected chi connectivity index (χ4v) is 2.20. The van der Waals surface area contributed by atoms with Crippen LogP contribution in [0.1, 0.15) is 16.1 Å². The van der Waals surface area contributed by atoms with Crippen LogP contribution in [0, 0.1) is 0 Å². The molecule has 104 valence electrons. The molecule has 0 unspecified atom stereocenters. The molecular weight excluding hydrogens is 282 g/mol. The zero-order valence-corrected chi connectivity index (χ0v) is 11.3. The third-order valence-electron chi connectivity index (χ3n) is 2.31. The SMILES string of the molecule is COc1ncccc1C(=O)Nc1nc(CC(=O)O)cs1. The zero-order valence-electron chi connectivity index (χ0n) is 10.5. The number of thiazole rings is 1. The maximum Gasteiger partial charge on any atom is 0.309 e. The average molecular weight is 293 g/mol. The molecule has 0 aliphatic carbocycles. The second-order valence-corrected chi connectivity index (χ2v) is 4.59. The monoisotopic (exact) mass is 293 g/mol. The molecule has 20 heavy (non-hydrogen) atoms. The summed E-state index contributed by atoms with van der Waals surface area (Å²) in [5, 5.41) is 13.2. The Morgan fingerprint density at radius 2 is 2.30 bits per heavy atom. The van der Waals surface area contributed by atoms with Crippen LogP contribution in [0.25, 0.3) is 0 Å². The number of carbonyl (C=O) groups is 2. The molecule has 0 fully saturated rings. The number of anilines is 1. The van der Waals surface area contributed by atoms with Crippen molar-refractivity contribution in [3.05, 3.63) is 35.0 Å². The summed E-state index contributed by atoms with van der Waals surface area (Å²) in [6, 6.07) is 3.20. The van der Waals surface area contributed by atoms with E-state index in [1.54, 1.807) is 17.5 Å². The molecule has 0 spiro atoms. The van der Waals surface area contributed by atoms with Gasteiger partial charge in [0.05, 0.1) is 19.2 Å². The lowest BCUT2D eigenvalue weighted by molar-refractivity contribution is -0.136. The van der Waals surface area contributed by atoms with Crippen molar-refractivity contribution in [2.75, 3.05) is 12.4 Å². The summed E-state index contributed by atoms with van der Waals surface area (Å²) in [5.41, 5.74) is 0.681. The first-order chi connectivity index (χ1) is 9.60. The van der Waals surface area contributed by atoms with Crippen LogP contribution in [-0.2, 0) is 11.2 Å². The minimum atomic E-state index is -0.970.